The van der Waals surface area contributed by atoms with Crippen LogP contribution in [-0.2, 0) is 0 Å². The molecule has 1 aliphatic carbocycles. The van der Waals surface area contributed by atoms with Gasteiger partial charge in [-0.2, -0.15) is 0 Å². The number of hydrogen-bond acceptors (Lipinski definition) is 3. The van der Waals surface area contributed by atoms with Gasteiger partial charge in [-0.3, -0.25) is 4.79 Å². The minimum Gasteiger partial charge on any atom is -0.388 e. The van der Waals surface area contributed by atoms with E-state index in [9.17, 15) is 9.90 Å². The van der Waals surface area contributed by atoms with Crippen molar-refractivity contribution in [2.24, 2.45) is 5.92 Å². The summed E-state index contributed by atoms with van der Waals surface area (Å²) in [4.78, 5) is 15.8. The number of aliphatic hydroxyl groups is 1. The number of rotatable bonds is 3. The van der Waals surface area contributed by atoms with Crippen LogP contribution in [0.25, 0.3) is 0 Å². The first-order valence-electron chi connectivity index (χ1n) is 6.61. The third kappa shape index (κ3) is 3.67. The molecular formula is C14H19ClN2O2. The molecule has 1 saturated carbocycles. The van der Waals surface area contributed by atoms with Gasteiger partial charge in [0.05, 0.1) is 11.2 Å². The van der Waals surface area contributed by atoms with E-state index in [1.165, 1.54) is 6.20 Å². The molecule has 0 radical (unpaired) electrons. The summed E-state index contributed by atoms with van der Waals surface area (Å²) in [5.74, 6) is 0.369. The zero-order valence-corrected chi connectivity index (χ0v) is 11.8. The Hall–Kier alpha value is -1.13. The van der Waals surface area contributed by atoms with E-state index >= 15 is 0 Å². The van der Waals surface area contributed by atoms with Gasteiger partial charge in [0.25, 0.3) is 5.91 Å². The highest BCUT2D eigenvalue weighted by atomic mass is 35.5. The normalized spacial score (nSPS) is 27.0. The molecular weight excluding hydrogens is 264 g/mol. The number of nitrogens with zero attached hydrogens (tertiary/aromatic N) is 1. The molecule has 0 bridgehead atoms. The van der Waals surface area contributed by atoms with Crippen molar-refractivity contribution >= 4 is 17.5 Å². The monoisotopic (exact) mass is 282 g/mol. The van der Waals surface area contributed by atoms with Gasteiger partial charge in [0.2, 0.25) is 0 Å². The molecule has 0 unspecified atom stereocenters. The number of carbonyl (C=O) groups is 1. The molecule has 5 heteroatoms. The number of halogens is 1. The molecule has 2 rings (SSSR count). The molecule has 1 aliphatic rings. The lowest BCUT2D eigenvalue weighted by molar-refractivity contribution is -0.00540. The highest BCUT2D eigenvalue weighted by Gasteiger charge is 2.32. The first kappa shape index (κ1) is 14.3. The molecule has 1 aromatic heterocycles. The molecule has 0 spiro atoms. The van der Waals surface area contributed by atoms with Crippen molar-refractivity contribution in [2.45, 2.75) is 38.2 Å². The largest absolute Gasteiger partial charge is 0.388 e. The fourth-order valence-corrected chi connectivity index (χ4v) is 2.58. The smallest absolute Gasteiger partial charge is 0.254 e. The topological polar surface area (TPSA) is 62.2 Å². The molecule has 4 nitrogen and oxygen atoms in total. The lowest BCUT2D eigenvalue weighted by Crippen LogP contribution is -2.45. The predicted molar refractivity (Wildman–Crippen MR) is 74.2 cm³/mol. The number of hydrogen-bond donors (Lipinski definition) is 2. The Kier molecular flexibility index (Phi) is 4.42. The van der Waals surface area contributed by atoms with Gasteiger partial charge in [-0.05, 0) is 43.7 Å². The van der Waals surface area contributed by atoms with Gasteiger partial charge in [0, 0.05) is 12.7 Å². The first-order chi connectivity index (χ1) is 9.00. The summed E-state index contributed by atoms with van der Waals surface area (Å²) in [6, 6.07) is 3.29. The van der Waals surface area contributed by atoms with Crippen LogP contribution < -0.4 is 5.32 Å². The van der Waals surface area contributed by atoms with Crippen molar-refractivity contribution in [3.05, 3.63) is 29.0 Å². The molecule has 104 valence electrons. The van der Waals surface area contributed by atoms with Crippen LogP contribution in [0.4, 0.5) is 0 Å². The number of pyridine rings is 1. The Morgan fingerprint density at radius 3 is 2.89 bits per heavy atom. The maximum Gasteiger partial charge on any atom is 0.254 e. The van der Waals surface area contributed by atoms with E-state index in [4.69, 9.17) is 11.6 Å². The summed E-state index contributed by atoms with van der Waals surface area (Å²) >= 11 is 5.86. The van der Waals surface area contributed by atoms with Gasteiger partial charge >= 0.3 is 0 Å². The van der Waals surface area contributed by atoms with Gasteiger partial charge in [-0.1, -0.05) is 18.5 Å². The number of nitrogens with one attached hydrogen (secondary N) is 1. The average Bonchev–Trinajstić information content (AvgIpc) is 2.41. The maximum atomic E-state index is 12.0. The molecule has 19 heavy (non-hydrogen) atoms. The summed E-state index contributed by atoms with van der Waals surface area (Å²) in [7, 11) is 0. The van der Waals surface area contributed by atoms with E-state index in [1.807, 2.05) is 0 Å². The second-order valence-corrected chi connectivity index (χ2v) is 5.79. The molecule has 2 N–H and O–H groups in total. The van der Waals surface area contributed by atoms with Crippen LogP contribution in [0.2, 0.25) is 5.15 Å². The number of aromatic nitrogens is 1. The minimum atomic E-state index is -0.781. The second-order valence-electron chi connectivity index (χ2n) is 5.43. The van der Waals surface area contributed by atoms with Crippen LogP contribution in [0.1, 0.15) is 43.0 Å². The van der Waals surface area contributed by atoms with Gasteiger partial charge in [-0.25, -0.2) is 4.98 Å². The first-order valence-corrected chi connectivity index (χ1v) is 6.99. The van der Waals surface area contributed by atoms with Crippen LogP contribution in [0.5, 0.6) is 0 Å². The highest BCUT2D eigenvalue weighted by molar-refractivity contribution is 6.32. The van der Waals surface area contributed by atoms with Crippen LogP contribution in [0.3, 0.4) is 0 Å². The summed E-state index contributed by atoms with van der Waals surface area (Å²) in [6.45, 7) is 2.46. The Morgan fingerprint density at radius 2 is 2.26 bits per heavy atom. The van der Waals surface area contributed by atoms with Crippen molar-refractivity contribution in [2.75, 3.05) is 6.54 Å². The van der Waals surface area contributed by atoms with Gasteiger partial charge in [-0.15, -0.1) is 0 Å². The summed E-state index contributed by atoms with van der Waals surface area (Å²) in [5.41, 5.74) is -0.437. The van der Waals surface area contributed by atoms with Crippen LogP contribution >= 0.6 is 11.6 Å². The van der Waals surface area contributed by atoms with Crippen molar-refractivity contribution in [1.82, 2.24) is 10.3 Å². The Balaban J connectivity index is 1.92. The van der Waals surface area contributed by atoms with E-state index < -0.39 is 5.60 Å². The van der Waals surface area contributed by atoms with Crippen LogP contribution in [0.15, 0.2) is 18.3 Å². The molecule has 0 saturated heterocycles. The van der Waals surface area contributed by atoms with Gasteiger partial charge in [0.1, 0.15) is 5.15 Å². The summed E-state index contributed by atoms with van der Waals surface area (Å²) in [5, 5.41) is 13.3. The zero-order chi connectivity index (χ0) is 13.9. The molecule has 1 heterocycles. The van der Waals surface area contributed by atoms with Crippen molar-refractivity contribution in [3.8, 4) is 0 Å². The second kappa shape index (κ2) is 5.88. The standard InChI is InChI=1S/C14H19ClN2O2/c1-10-4-6-14(19,7-5-10)9-17-13(18)11-3-2-8-16-12(11)15/h2-3,8,10,19H,4-7,9H2,1H3,(H,17,18). The number of carbonyl (C=O) groups excluding carboxylic acids is 1. The molecule has 1 fully saturated rings. The molecule has 1 aromatic rings. The zero-order valence-electron chi connectivity index (χ0n) is 11.0. The molecule has 0 aromatic carbocycles. The molecule has 0 atom stereocenters. The van der Waals surface area contributed by atoms with Gasteiger partial charge < -0.3 is 10.4 Å². The quantitative estimate of drug-likeness (QED) is 0.837. The fraction of sp³-hybridized carbons (Fsp3) is 0.571. The van der Waals surface area contributed by atoms with E-state index in [0.29, 0.717) is 11.5 Å². The van der Waals surface area contributed by atoms with Crippen molar-refractivity contribution in [1.29, 1.82) is 0 Å². The van der Waals surface area contributed by atoms with E-state index in [-0.39, 0.29) is 17.6 Å². The summed E-state index contributed by atoms with van der Waals surface area (Å²) in [6.07, 6.45) is 5.00. The third-order valence-electron chi connectivity index (χ3n) is 3.79. The molecule has 1 amide bonds. The highest BCUT2D eigenvalue weighted by Crippen LogP contribution is 2.31. The predicted octanol–water partition coefficient (Wildman–Crippen LogP) is 2.41. The lowest BCUT2D eigenvalue weighted by atomic mass is 9.79. The van der Waals surface area contributed by atoms with E-state index in [2.05, 4.69) is 17.2 Å². The molecule has 0 aliphatic heterocycles. The Labute approximate surface area is 118 Å². The van der Waals surface area contributed by atoms with Crippen LogP contribution in [0, 0.1) is 5.92 Å². The Morgan fingerprint density at radius 1 is 1.58 bits per heavy atom. The lowest BCUT2D eigenvalue weighted by Gasteiger charge is -2.34. The van der Waals surface area contributed by atoms with E-state index in [1.54, 1.807) is 12.1 Å². The number of amides is 1. The fourth-order valence-electron chi connectivity index (χ4n) is 2.37. The van der Waals surface area contributed by atoms with E-state index in [0.717, 1.165) is 25.7 Å². The summed E-state index contributed by atoms with van der Waals surface area (Å²) < 4.78 is 0. The SMILES string of the molecule is CC1CCC(O)(CNC(=O)c2cccnc2Cl)CC1. The van der Waals surface area contributed by atoms with Crippen molar-refractivity contribution in [3.63, 3.8) is 0 Å². The van der Waals surface area contributed by atoms with Gasteiger partial charge in [0.15, 0.2) is 0 Å². The Bertz CT molecular complexity index is 457. The third-order valence-corrected chi connectivity index (χ3v) is 4.09. The minimum absolute atomic E-state index is 0.184. The average molecular weight is 283 g/mol. The van der Waals surface area contributed by atoms with Crippen molar-refractivity contribution < 1.29 is 9.90 Å². The van der Waals surface area contributed by atoms with Crippen LogP contribution in [-0.4, -0.2) is 28.1 Å². The maximum absolute atomic E-state index is 12.0.